The topological polar surface area (TPSA) is 12.0 Å². The number of alkyl halides is 1. The average molecular weight is 136 g/mol. The molecule has 0 bridgehead atoms. The second kappa shape index (κ2) is 5.39. The predicted octanol–water partition coefficient (Wildman–Crippen LogP) is 1.61. The number of nitrogens with one attached hydrogen (secondary N) is 1. The van der Waals surface area contributed by atoms with Gasteiger partial charge in [-0.2, -0.15) is 0 Å². The number of hydrogen-bond acceptors (Lipinski definition) is 1. The second-order valence-corrected chi connectivity index (χ2v) is 2.56. The molecule has 1 atom stereocenters. The van der Waals surface area contributed by atoms with E-state index >= 15 is 0 Å². The predicted molar refractivity (Wildman–Crippen MR) is 38.5 cm³/mol. The fraction of sp³-hybridized carbons (Fsp3) is 1.00. The molecule has 1 nitrogen and oxygen atoms in total. The van der Waals surface area contributed by atoms with Gasteiger partial charge >= 0.3 is 0 Å². The third-order valence-corrected chi connectivity index (χ3v) is 1.40. The van der Waals surface area contributed by atoms with Crippen LogP contribution in [0.1, 0.15) is 19.8 Å². The molecule has 0 aliphatic rings. The van der Waals surface area contributed by atoms with Gasteiger partial charge in [0.05, 0.1) is 0 Å². The molecule has 0 saturated heterocycles. The van der Waals surface area contributed by atoms with Crippen molar-refractivity contribution in [3.05, 3.63) is 0 Å². The van der Waals surface area contributed by atoms with Gasteiger partial charge in [-0.15, -0.1) is 11.6 Å². The van der Waals surface area contributed by atoms with E-state index in [1.807, 2.05) is 7.05 Å². The lowest BCUT2D eigenvalue weighted by molar-refractivity contribution is 0.675. The summed E-state index contributed by atoms with van der Waals surface area (Å²) in [5.41, 5.74) is 0. The monoisotopic (exact) mass is 135 g/mol. The first-order valence-electron chi connectivity index (χ1n) is 3.10. The molecule has 0 saturated carbocycles. The maximum atomic E-state index is 5.82. The van der Waals surface area contributed by atoms with E-state index in [0.717, 1.165) is 13.0 Å². The SMILES string of the molecule is CCCC(Cl)CNC. The largest absolute Gasteiger partial charge is 0.318 e. The molecule has 0 aliphatic carbocycles. The van der Waals surface area contributed by atoms with Crippen LogP contribution < -0.4 is 5.32 Å². The molecule has 0 amide bonds. The highest BCUT2D eigenvalue weighted by atomic mass is 35.5. The Kier molecular flexibility index (Phi) is 5.56. The molecule has 1 unspecified atom stereocenters. The Morgan fingerprint density at radius 3 is 2.62 bits per heavy atom. The van der Waals surface area contributed by atoms with Gasteiger partial charge in [0.15, 0.2) is 0 Å². The molecule has 0 rings (SSSR count). The Hall–Kier alpha value is 0.250. The van der Waals surface area contributed by atoms with Crippen LogP contribution in [-0.2, 0) is 0 Å². The summed E-state index contributed by atoms with van der Waals surface area (Å²) >= 11 is 5.82. The van der Waals surface area contributed by atoms with Crippen LogP contribution in [-0.4, -0.2) is 19.0 Å². The Balaban J connectivity index is 2.92. The van der Waals surface area contributed by atoms with E-state index in [1.165, 1.54) is 6.42 Å². The maximum Gasteiger partial charge on any atom is 0.0460 e. The van der Waals surface area contributed by atoms with Crippen LogP contribution in [0.25, 0.3) is 0 Å². The van der Waals surface area contributed by atoms with Gasteiger partial charge in [0.2, 0.25) is 0 Å². The zero-order valence-corrected chi connectivity index (χ0v) is 6.33. The molecule has 0 aromatic rings. The lowest BCUT2D eigenvalue weighted by atomic mass is 10.2. The second-order valence-electron chi connectivity index (χ2n) is 1.94. The third-order valence-electron chi connectivity index (χ3n) is 1.03. The minimum absolute atomic E-state index is 0.324. The van der Waals surface area contributed by atoms with Gasteiger partial charge in [-0.05, 0) is 13.5 Å². The van der Waals surface area contributed by atoms with Gasteiger partial charge in [0.1, 0.15) is 0 Å². The van der Waals surface area contributed by atoms with Crippen molar-refractivity contribution in [3.63, 3.8) is 0 Å². The average Bonchev–Trinajstić information content (AvgIpc) is 1.68. The number of halogens is 1. The van der Waals surface area contributed by atoms with E-state index in [1.54, 1.807) is 0 Å². The van der Waals surface area contributed by atoms with Crippen molar-refractivity contribution in [2.75, 3.05) is 13.6 Å². The molecule has 0 radical (unpaired) electrons. The van der Waals surface area contributed by atoms with Gasteiger partial charge < -0.3 is 5.32 Å². The lowest BCUT2D eigenvalue weighted by Crippen LogP contribution is -2.18. The summed E-state index contributed by atoms with van der Waals surface area (Å²) in [4.78, 5) is 0. The van der Waals surface area contributed by atoms with Crippen molar-refractivity contribution in [3.8, 4) is 0 Å². The molecular formula is C6H14ClN. The summed E-state index contributed by atoms with van der Waals surface area (Å²) in [5.74, 6) is 0. The molecule has 1 N–H and O–H groups in total. The Morgan fingerprint density at radius 1 is 1.62 bits per heavy atom. The highest BCUT2D eigenvalue weighted by molar-refractivity contribution is 6.20. The zero-order chi connectivity index (χ0) is 6.41. The maximum absolute atomic E-state index is 5.82. The van der Waals surface area contributed by atoms with Crippen molar-refractivity contribution in [1.29, 1.82) is 0 Å². The Bertz CT molecular complexity index is 41.8. The van der Waals surface area contributed by atoms with Gasteiger partial charge in [-0.25, -0.2) is 0 Å². The van der Waals surface area contributed by atoms with Crippen molar-refractivity contribution in [2.45, 2.75) is 25.1 Å². The Labute approximate surface area is 56.4 Å². The minimum Gasteiger partial charge on any atom is -0.318 e. The lowest BCUT2D eigenvalue weighted by Gasteiger charge is -2.04. The molecule has 2 heteroatoms. The van der Waals surface area contributed by atoms with Gasteiger partial charge in [0.25, 0.3) is 0 Å². The summed E-state index contributed by atoms with van der Waals surface area (Å²) < 4.78 is 0. The van der Waals surface area contributed by atoms with Crippen molar-refractivity contribution in [1.82, 2.24) is 5.32 Å². The van der Waals surface area contributed by atoms with E-state index in [2.05, 4.69) is 12.2 Å². The quantitative estimate of drug-likeness (QED) is 0.578. The number of hydrogen-bond donors (Lipinski definition) is 1. The van der Waals surface area contributed by atoms with Crippen LogP contribution in [0.4, 0.5) is 0 Å². The molecule has 0 aromatic heterocycles. The van der Waals surface area contributed by atoms with E-state index in [4.69, 9.17) is 11.6 Å². The summed E-state index contributed by atoms with van der Waals surface area (Å²) in [6.07, 6.45) is 2.29. The van der Waals surface area contributed by atoms with Crippen LogP contribution in [0.3, 0.4) is 0 Å². The van der Waals surface area contributed by atoms with Crippen LogP contribution in [0.5, 0.6) is 0 Å². The van der Waals surface area contributed by atoms with Crippen molar-refractivity contribution < 1.29 is 0 Å². The molecule has 0 aromatic carbocycles. The van der Waals surface area contributed by atoms with Crippen molar-refractivity contribution in [2.24, 2.45) is 0 Å². The molecule has 0 spiro atoms. The van der Waals surface area contributed by atoms with Crippen LogP contribution in [0.15, 0.2) is 0 Å². The first-order valence-corrected chi connectivity index (χ1v) is 3.53. The van der Waals surface area contributed by atoms with E-state index < -0.39 is 0 Å². The molecule has 50 valence electrons. The van der Waals surface area contributed by atoms with E-state index in [9.17, 15) is 0 Å². The highest BCUT2D eigenvalue weighted by Crippen LogP contribution is 2.01. The fourth-order valence-electron chi connectivity index (χ4n) is 0.637. The highest BCUT2D eigenvalue weighted by Gasteiger charge is 1.98. The summed E-state index contributed by atoms with van der Waals surface area (Å²) in [5, 5.41) is 3.34. The van der Waals surface area contributed by atoms with Crippen LogP contribution >= 0.6 is 11.6 Å². The van der Waals surface area contributed by atoms with E-state index in [0.29, 0.717) is 5.38 Å². The van der Waals surface area contributed by atoms with E-state index in [-0.39, 0.29) is 0 Å². The molecule has 0 heterocycles. The van der Waals surface area contributed by atoms with Gasteiger partial charge in [-0.1, -0.05) is 13.3 Å². The molecule has 0 fully saturated rings. The molecule has 8 heavy (non-hydrogen) atoms. The summed E-state index contributed by atoms with van der Waals surface area (Å²) in [6.45, 7) is 3.07. The Morgan fingerprint density at radius 2 is 2.25 bits per heavy atom. The smallest absolute Gasteiger partial charge is 0.0460 e. The van der Waals surface area contributed by atoms with Gasteiger partial charge in [-0.3, -0.25) is 0 Å². The molecule has 0 aliphatic heterocycles. The summed E-state index contributed by atoms with van der Waals surface area (Å²) in [7, 11) is 1.92. The van der Waals surface area contributed by atoms with Crippen LogP contribution in [0.2, 0.25) is 0 Å². The standard InChI is InChI=1S/C6H14ClN/c1-3-4-6(7)5-8-2/h6,8H,3-5H2,1-2H3. The van der Waals surface area contributed by atoms with Gasteiger partial charge in [0, 0.05) is 11.9 Å². The first kappa shape index (κ1) is 8.25. The van der Waals surface area contributed by atoms with Crippen molar-refractivity contribution >= 4 is 11.6 Å². The zero-order valence-electron chi connectivity index (χ0n) is 5.58. The first-order chi connectivity index (χ1) is 3.81. The number of rotatable bonds is 4. The summed E-state index contributed by atoms with van der Waals surface area (Å²) in [6, 6.07) is 0. The van der Waals surface area contributed by atoms with Crippen LogP contribution in [0, 0.1) is 0 Å². The third kappa shape index (κ3) is 4.41. The molecular weight excluding hydrogens is 122 g/mol. The normalized spacial score (nSPS) is 13.9. The fourth-order valence-corrected chi connectivity index (χ4v) is 1.01. The minimum atomic E-state index is 0.324.